The molecule has 0 fully saturated rings. The highest BCUT2D eigenvalue weighted by molar-refractivity contribution is 7.80. The standard InChI is InChI=1S/C29H47N3O6S/c1-8-10-11-12-17-32(27(35)23(19-39)31-28(36)38-29(5,6)7)25(22-14-13-20(3)21(4)18-22)26(34)30-16-15-24(33)37-9-2/h13-14,18,23,25,39H,8-12,15-17,19H2,1-7H3,(H,30,34)(H,31,36). The zero-order chi connectivity index (χ0) is 29.6. The summed E-state index contributed by atoms with van der Waals surface area (Å²) in [6.45, 7) is 13.6. The van der Waals surface area contributed by atoms with Crippen molar-refractivity contribution < 1.29 is 28.7 Å². The Labute approximate surface area is 239 Å². The monoisotopic (exact) mass is 565 g/mol. The topological polar surface area (TPSA) is 114 Å². The Bertz CT molecular complexity index is 963. The fraction of sp³-hybridized carbons (Fsp3) is 0.655. The molecule has 9 nitrogen and oxygen atoms in total. The fourth-order valence-electron chi connectivity index (χ4n) is 3.94. The molecule has 2 unspecified atom stereocenters. The van der Waals surface area contributed by atoms with Gasteiger partial charge in [0.05, 0.1) is 13.0 Å². The first kappa shape index (κ1) is 34.3. The van der Waals surface area contributed by atoms with Crippen LogP contribution in [0.1, 0.15) is 89.5 Å². The molecule has 2 atom stereocenters. The molecule has 1 rings (SSSR count). The summed E-state index contributed by atoms with van der Waals surface area (Å²) in [5.41, 5.74) is 1.94. The minimum absolute atomic E-state index is 0.0170. The van der Waals surface area contributed by atoms with Crippen molar-refractivity contribution in [2.24, 2.45) is 0 Å². The van der Waals surface area contributed by atoms with Gasteiger partial charge >= 0.3 is 12.1 Å². The summed E-state index contributed by atoms with van der Waals surface area (Å²) in [6, 6.07) is 3.67. The van der Waals surface area contributed by atoms with Gasteiger partial charge in [0, 0.05) is 18.8 Å². The third-order valence-electron chi connectivity index (χ3n) is 6.05. The molecule has 0 heterocycles. The number of esters is 1. The predicted molar refractivity (Wildman–Crippen MR) is 156 cm³/mol. The lowest BCUT2D eigenvalue weighted by Crippen LogP contribution is -2.54. The smallest absolute Gasteiger partial charge is 0.408 e. The number of carbonyl (C=O) groups excluding carboxylic acids is 4. The average Bonchev–Trinajstić information content (AvgIpc) is 2.85. The Kier molecular flexibility index (Phi) is 15.0. The molecule has 0 aromatic heterocycles. The fourth-order valence-corrected chi connectivity index (χ4v) is 4.18. The largest absolute Gasteiger partial charge is 0.466 e. The molecule has 2 N–H and O–H groups in total. The van der Waals surface area contributed by atoms with E-state index in [0.29, 0.717) is 18.5 Å². The van der Waals surface area contributed by atoms with Crippen LogP contribution in [0.5, 0.6) is 0 Å². The Balaban J connectivity index is 3.38. The highest BCUT2D eigenvalue weighted by Crippen LogP contribution is 2.26. The van der Waals surface area contributed by atoms with E-state index < -0.39 is 41.6 Å². The Morgan fingerprint density at radius 2 is 1.72 bits per heavy atom. The van der Waals surface area contributed by atoms with Crippen LogP contribution in [0, 0.1) is 13.8 Å². The number of aryl methyl sites for hydroxylation is 2. The number of unbranched alkanes of at least 4 members (excludes halogenated alkanes) is 3. The maximum atomic E-state index is 13.9. The van der Waals surface area contributed by atoms with E-state index in [4.69, 9.17) is 9.47 Å². The van der Waals surface area contributed by atoms with Crippen LogP contribution in [-0.4, -0.2) is 65.9 Å². The van der Waals surface area contributed by atoms with E-state index in [2.05, 4.69) is 30.2 Å². The molecule has 3 amide bonds. The molecular weight excluding hydrogens is 518 g/mol. The molecule has 1 aromatic rings. The Hall–Kier alpha value is -2.75. The van der Waals surface area contributed by atoms with Gasteiger partial charge in [0.15, 0.2) is 0 Å². The van der Waals surface area contributed by atoms with Crippen molar-refractivity contribution in [3.63, 3.8) is 0 Å². The molecule has 1 aromatic carbocycles. The van der Waals surface area contributed by atoms with E-state index in [9.17, 15) is 19.2 Å². The third kappa shape index (κ3) is 12.3. The van der Waals surface area contributed by atoms with Crippen LogP contribution in [0.25, 0.3) is 0 Å². The number of ether oxygens (including phenoxy) is 2. The second-order valence-electron chi connectivity index (χ2n) is 10.6. The van der Waals surface area contributed by atoms with Crippen LogP contribution in [0.3, 0.4) is 0 Å². The molecular formula is C29H47N3O6S. The SMILES string of the molecule is CCCCCCN(C(=O)C(CS)NC(=O)OC(C)(C)C)C(C(=O)NCCC(=O)OCC)c1ccc(C)c(C)c1. The zero-order valence-electron chi connectivity index (χ0n) is 24.6. The van der Waals surface area contributed by atoms with Crippen LogP contribution in [0.2, 0.25) is 0 Å². The maximum Gasteiger partial charge on any atom is 0.408 e. The first-order chi connectivity index (χ1) is 18.3. The number of amides is 3. The van der Waals surface area contributed by atoms with Crippen molar-refractivity contribution in [3.05, 3.63) is 34.9 Å². The molecule has 0 spiro atoms. The van der Waals surface area contributed by atoms with Gasteiger partial charge in [-0.15, -0.1) is 0 Å². The van der Waals surface area contributed by atoms with E-state index in [1.54, 1.807) is 27.7 Å². The van der Waals surface area contributed by atoms with Gasteiger partial charge in [0.2, 0.25) is 11.8 Å². The van der Waals surface area contributed by atoms with Gasteiger partial charge in [-0.05, 0) is 64.7 Å². The highest BCUT2D eigenvalue weighted by atomic mass is 32.1. The minimum Gasteiger partial charge on any atom is -0.466 e. The molecule has 0 saturated carbocycles. The summed E-state index contributed by atoms with van der Waals surface area (Å²) >= 11 is 4.33. The molecule has 0 aliphatic rings. The normalized spacial score (nSPS) is 12.7. The zero-order valence-corrected chi connectivity index (χ0v) is 25.5. The van der Waals surface area contributed by atoms with Crippen molar-refractivity contribution in [1.82, 2.24) is 15.5 Å². The lowest BCUT2D eigenvalue weighted by Gasteiger charge is -2.34. The second kappa shape index (κ2) is 17.0. The molecule has 0 radical (unpaired) electrons. The molecule has 0 aliphatic heterocycles. The van der Waals surface area contributed by atoms with E-state index >= 15 is 0 Å². The predicted octanol–water partition coefficient (Wildman–Crippen LogP) is 4.65. The van der Waals surface area contributed by atoms with Gasteiger partial charge in [-0.2, -0.15) is 12.6 Å². The molecule has 0 bridgehead atoms. The number of hydrogen-bond acceptors (Lipinski definition) is 7. The number of thiol groups is 1. The maximum absolute atomic E-state index is 13.9. The van der Waals surface area contributed by atoms with E-state index in [1.807, 2.05) is 32.0 Å². The van der Waals surface area contributed by atoms with E-state index in [0.717, 1.165) is 30.4 Å². The summed E-state index contributed by atoms with van der Waals surface area (Å²) in [5.74, 6) is -1.24. The van der Waals surface area contributed by atoms with Crippen molar-refractivity contribution >= 4 is 36.5 Å². The number of rotatable bonds is 15. The first-order valence-electron chi connectivity index (χ1n) is 13.8. The van der Waals surface area contributed by atoms with E-state index in [1.165, 1.54) is 4.90 Å². The van der Waals surface area contributed by atoms with Crippen LogP contribution < -0.4 is 10.6 Å². The summed E-state index contributed by atoms with van der Waals surface area (Å²) in [6.07, 6.45) is 2.86. The minimum atomic E-state index is -1.00. The first-order valence-corrected chi connectivity index (χ1v) is 14.4. The molecule has 0 saturated heterocycles. The van der Waals surface area contributed by atoms with E-state index in [-0.39, 0.29) is 25.3 Å². The highest BCUT2D eigenvalue weighted by Gasteiger charge is 2.35. The van der Waals surface area contributed by atoms with Gasteiger partial charge in [0.1, 0.15) is 17.7 Å². The number of benzene rings is 1. The lowest BCUT2D eigenvalue weighted by molar-refractivity contribution is -0.144. The van der Waals surface area contributed by atoms with Crippen molar-refractivity contribution in [2.45, 2.75) is 98.3 Å². The summed E-state index contributed by atoms with van der Waals surface area (Å²) < 4.78 is 10.3. The van der Waals surface area contributed by atoms with Crippen molar-refractivity contribution in [1.29, 1.82) is 0 Å². The van der Waals surface area contributed by atoms with Crippen LogP contribution in [0.15, 0.2) is 18.2 Å². The summed E-state index contributed by atoms with van der Waals surface area (Å²) in [5, 5.41) is 5.43. The number of carbonyl (C=O) groups is 4. The van der Waals surface area contributed by atoms with Crippen LogP contribution >= 0.6 is 12.6 Å². The Morgan fingerprint density at radius 1 is 1.03 bits per heavy atom. The van der Waals surface area contributed by atoms with Gasteiger partial charge in [0.25, 0.3) is 0 Å². The Morgan fingerprint density at radius 3 is 2.28 bits per heavy atom. The quantitative estimate of drug-likeness (QED) is 0.162. The summed E-state index contributed by atoms with van der Waals surface area (Å²) in [4.78, 5) is 53.4. The molecule has 0 aliphatic carbocycles. The van der Waals surface area contributed by atoms with Gasteiger partial charge in [-0.1, -0.05) is 44.4 Å². The van der Waals surface area contributed by atoms with Crippen molar-refractivity contribution in [2.75, 3.05) is 25.4 Å². The number of alkyl carbamates (subject to hydrolysis) is 1. The van der Waals surface area contributed by atoms with Gasteiger partial charge in [-0.25, -0.2) is 4.79 Å². The molecule has 220 valence electrons. The lowest BCUT2D eigenvalue weighted by atomic mass is 9.98. The molecule has 39 heavy (non-hydrogen) atoms. The van der Waals surface area contributed by atoms with Gasteiger partial charge in [-0.3, -0.25) is 14.4 Å². The third-order valence-corrected chi connectivity index (χ3v) is 6.41. The van der Waals surface area contributed by atoms with Crippen LogP contribution in [-0.2, 0) is 23.9 Å². The summed E-state index contributed by atoms with van der Waals surface area (Å²) in [7, 11) is 0. The van der Waals surface area contributed by atoms with Crippen LogP contribution in [0.4, 0.5) is 4.79 Å². The molecule has 10 heteroatoms. The number of nitrogens with one attached hydrogen (secondary N) is 2. The number of hydrogen-bond donors (Lipinski definition) is 3. The van der Waals surface area contributed by atoms with Gasteiger partial charge < -0.3 is 25.0 Å². The second-order valence-corrected chi connectivity index (χ2v) is 10.9. The number of nitrogens with zero attached hydrogens (tertiary/aromatic N) is 1. The van der Waals surface area contributed by atoms with Crippen molar-refractivity contribution in [3.8, 4) is 0 Å². The average molecular weight is 566 g/mol.